The lowest BCUT2D eigenvalue weighted by molar-refractivity contribution is 0.0341. The van der Waals surface area contributed by atoms with Gasteiger partial charge in [-0.15, -0.1) is 0 Å². The Hall–Kier alpha value is -0.0900. The first-order valence-electron chi connectivity index (χ1n) is 5.00. The van der Waals surface area contributed by atoms with Crippen LogP contribution in [-0.4, -0.2) is 31.2 Å². The Morgan fingerprint density at radius 3 is 2.80 bits per heavy atom. The lowest BCUT2D eigenvalue weighted by atomic mass is 10.2. The summed E-state index contributed by atoms with van der Waals surface area (Å²) in [5, 5.41) is 0.778. The molecule has 1 aromatic rings. The van der Waals surface area contributed by atoms with Gasteiger partial charge in [0, 0.05) is 24.1 Å². The van der Waals surface area contributed by atoms with Crippen LogP contribution in [0.5, 0.6) is 0 Å². The quantitative estimate of drug-likeness (QED) is 0.830. The first kappa shape index (κ1) is 11.4. The van der Waals surface area contributed by atoms with Crippen LogP contribution in [0.15, 0.2) is 22.7 Å². The van der Waals surface area contributed by atoms with Gasteiger partial charge in [0.2, 0.25) is 0 Å². The van der Waals surface area contributed by atoms with E-state index in [1.807, 2.05) is 12.1 Å². The van der Waals surface area contributed by atoms with E-state index in [9.17, 15) is 0 Å². The van der Waals surface area contributed by atoms with E-state index < -0.39 is 0 Å². The van der Waals surface area contributed by atoms with Crippen molar-refractivity contribution >= 4 is 27.5 Å². The lowest BCUT2D eigenvalue weighted by Crippen LogP contribution is -2.35. The maximum absolute atomic E-state index is 6.04. The van der Waals surface area contributed by atoms with Crippen LogP contribution in [-0.2, 0) is 11.3 Å². The molecule has 15 heavy (non-hydrogen) atoms. The largest absolute Gasteiger partial charge is 0.379 e. The molecule has 0 unspecified atom stereocenters. The second-order valence-electron chi connectivity index (χ2n) is 3.60. The first-order valence-corrected chi connectivity index (χ1v) is 6.17. The molecule has 1 aliphatic rings. The summed E-state index contributed by atoms with van der Waals surface area (Å²) in [6.45, 7) is 4.60. The average molecular weight is 291 g/mol. The third-order valence-corrected chi connectivity index (χ3v) is 4.01. The Morgan fingerprint density at radius 1 is 1.33 bits per heavy atom. The van der Waals surface area contributed by atoms with Crippen molar-refractivity contribution in [3.8, 4) is 0 Å². The molecule has 1 aromatic carbocycles. The van der Waals surface area contributed by atoms with Crippen molar-refractivity contribution in [3.05, 3.63) is 33.3 Å². The molecule has 0 spiro atoms. The van der Waals surface area contributed by atoms with Gasteiger partial charge in [-0.05, 0) is 27.6 Å². The summed E-state index contributed by atoms with van der Waals surface area (Å²) in [7, 11) is 0. The minimum atomic E-state index is 0.778. The highest BCUT2D eigenvalue weighted by atomic mass is 79.9. The summed E-state index contributed by atoms with van der Waals surface area (Å²) in [6, 6.07) is 5.99. The smallest absolute Gasteiger partial charge is 0.0594 e. The Morgan fingerprint density at radius 2 is 2.07 bits per heavy atom. The van der Waals surface area contributed by atoms with Gasteiger partial charge in [0.05, 0.1) is 18.2 Å². The molecule has 0 aliphatic carbocycles. The molecule has 0 N–H and O–H groups in total. The van der Waals surface area contributed by atoms with E-state index in [-0.39, 0.29) is 0 Å². The molecule has 0 radical (unpaired) electrons. The number of benzene rings is 1. The van der Waals surface area contributed by atoms with Crippen LogP contribution in [0.25, 0.3) is 0 Å². The van der Waals surface area contributed by atoms with Crippen LogP contribution in [0.3, 0.4) is 0 Å². The van der Waals surface area contributed by atoms with Gasteiger partial charge in [-0.25, -0.2) is 0 Å². The van der Waals surface area contributed by atoms with Gasteiger partial charge in [0.15, 0.2) is 0 Å². The average Bonchev–Trinajstić information content (AvgIpc) is 2.26. The number of hydrogen-bond acceptors (Lipinski definition) is 2. The minimum Gasteiger partial charge on any atom is -0.379 e. The van der Waals surface area contributed by atoms with E-state index >= 15 is 0 Å². The Kier molecular flexibility index (Phi) is 4.03. The molecule has 1 aliphatic heterocycles. The zero-order valence-electron chi connectivity index (χ0n) is 8.38. The molecular weight excluding hydrogens is 277 g/mol. The van der Waals surface area contributed by atoms with Crippen LogP contribution >= 0.6 is 27.5 Å². The summed E-state index contributed by atoms with van der Waals surface area (Å²) in [4.78, 5) is 2.37. The molecule has 2 rings (SSSR count). The molecule has 1 saturated heterocycles. The molecular formula is C11H13BrClNO. The van der Waals surface area contributed by atoms with Crippen LogP contribution in [0.1, 0.15) is 5.56 Å². The Balaban J connectivity index is 2.06. The molecule has 0 amide bonds. The number of ether oxygens (including phenoxy) is 1. The fourth-order valence-electron chi connectivity index (χ4n) is 1.67. The van der Waals surface area contributed by atoms with Crippen LogP contribution < -0.4 is 0 Å². The van der Waals surface area contributed by atoms with Crippen molar-refractivity contribution < 1.29 is 4.74 Å². The number of rotatable bonds is 2. The van der Waals surface area contributed by atoms with E-state index in [1.165, 1.54) is 5.56 Å². The maximum Gasteiger partial charge on any atom is 0.0594 e. The topological polar surface area (TPSA) is 12.5 Å². The fraction of sp³-hybridized carbons (Fsp3) is 0.455. The molecule has 0 saturated carbocycles. The Bertz CT molecular complexity index is 339. The van der Waals surface area contributed by atoms with Crippen molar-refractivity contribution in [2.45, 2.75) is 6.54 Å². The summed E-state index contributed by atoms with van der Waals surface area (Å²) in [6.07, 6.45) is 0. The zero-order valence-corrected chi connectivity index (χ0v) is 10.7. The van der Waals surface area contributed by atoms with E-state index in [0.717, 1.165) is 42.3 Å². The highest BCUT2D eigenvalue weighted by Crippen LogP contribution is 2.27. The number of morpholine rings is 1. The van der Waals surface area contributed by atoms with Crippen LogP contribution in [0, 0.1) is 0 Å². The van der Waals surface area contributed by atoms with Gasteiger partial charge in [-0.2, -0.15) is 0 Å². The highest BCUT2D eigenvalue weighted by molar-refractivity contribution is 9.10. The summed E-state index contributed by atoms with van der Waals surface area (Å²) >= 11 is 9.56. The van der Waals surface area contributed by atoms with Crippen molar-refractivity contribution in [1.82, 2.24) is 4.90 Å². The predicted octanol–water partition coefficient (Wildman–Crippen LogP) is 2.93. The molecule has 82 valence electrons. The second-order valence-corrected chi connectivity index (χ2v) is 4.80. The molecule has 4 heteroatoms. The maximum atomic E-state index is 6.04. The van der Waals surface area contributed by atoms with E-state index in [0.29, 0.717) is 0 Å². The first-order chi connectivity index (χ1) is 7.27. The standard InChI is InChI=1S/C11H13BrClNO/c12-11-9(2-1-3-10(11)13)8-14-4-6-15-7-5-14/h1-3H,4-8H2. The normalized spacial score (nSPS) is 18.0. The van der Waals surface area contributed by atoms with E-state index in [4.69, 9.17) is 16.3 Å². The van der Waals surface area contributed by atoms with Gasteiger partial charge in [-0.1, -0.05) is 23.7 Å². The van der Waals surface area contributed by atoms with Crippen LogP contribution in [0.4, 0.5) is 0 Å². The van der Waals surface area contributed by atoms with Gasteiger partial charge >= 0.3 is 0 Å². The van der Waals surface area contributed by atoms with Gasteiger partial charge < -0.3 is 4.74 Å². The summed E-state index contributed by atoms with van der Waals surface area (Å²) in [5.74, 6) is 0. The lowest BCUT2D eigenvalue weighted by Gasteiger charge is -2.27. The van der Waals surface area contributed by atoms with Gasteiger partial charge in [-0.3, -0.25) is 4.90 Å². The SMILES string of the molecule is Clc1cccc(CN2CCOCC2)c1Br. The second kappa shape index (κ2) is 5.30. The number of halogens is 2. The third-order valence-electron chi connectivity index (χ3n) is 2.53. The highest BCUT2D eigenvalue weighted by Gasteiger charge is 2.12. The predicted molar refractivity (Wildman–Crippen MR) is 65.2 cm³/mol. The molecule has 1 heterocycles. The minimum absolute atomic E-state index is 0.778. The third kappa shape index (κ3) is 2.94. The van der Waals surface area contributed by atoms with Gasteiger partial charge in [0.1, 0.15) is 0 Å². The van der Waals surface area contributed by atoms with Gasteiger partial charge in [0.25, 0.3) is 0 Å². The van der Waals surface area contributed by atoms with E-state index in [2.05, 4.69) is 26.9 Å². The monoisotopic (exact) mass is 289 g/mol. The van der Waals surface area contributed by atoms with Crippen LogP contribution in [0.2, 0.25) is 5.02 Å². The van der Waals surface area contributed by atoms with E-state index in [1.54, 1.807) is 0 Å². The molecule has 0 atom stereocenters. The van der Waals surface area contributed by atoms with Crippen molar-refractivity contribution in [3.63, 3.8) is 0 Å². The summed E-state index contributed by atoms with van der Waals surface area (Å²) in [5.41, 5.74) is 1.24. The Labute approximate surface area is 103 Å². The molecule has 0 aromatic heterocycles. The number of hydrogen-bond donors (Lipinski definition) is 0. The molecule has 0 bridgehead atoms. The number of nitrogens with zero attached hydrogens (tertiary/aromatic N) is 1. The molecule has 1 fully saturated rings. The van der Waals surface area contributed by atoms with Crippen molar-refractivity contribution in [1.29, 1.82) is 0 Å². The summed E-state index contributed by atoms with van der Waals surface area (Å²) < 4.78 is 6.32. The molecule has 2 nitrogen and oxygen atoms in total. The fourth-order valence-corrected chi connectivity index (χ4v) is 2.25. The zero-order chi connectivity index (χ0) is 10.7. The van der Waals surface area contributed by atoms with Crippen molar-refractivity contribution in [2.24, 2.45) is 0 Å². The van der Waals surface area contributed by atoms with Crippen molar-refractivity contribution in [2.75, 3.05) is 26.3 Å².